The fourth-order valence-electron chi connectivity index (χ4n) is 1.30. The third-order valence-corrected chi connectivity index (χ3v) is 2.65. The molecule has 1 aromatic carbocycles. The number of rotatable bonds is 2. The highest BCUT2D eigenvalue weighted by atomic mass is 79.9. The van der Waals surface area contributed by atoms with Gasteiger partial charge in [0.2, 0.25) is 0 Å². The highest BCUT2D eigenvalue weighted by molar-refractivity contribution is 9.10. The number of amides is 1. The summed E-state index contributed by atoms with van der Waals surface area (Å²) in [5.74, 6) is -0.278. The Morgan fingerprint density at radius 2 is 1.94 bits per heavy atom. The maximum absolute atomic E-state index is 11.8. The first-order valence-corrected chi connectivity index (χ1v) is 5.73. The molecular formula is C12H10BrN3O. The summed E-state index contributed by atoms with van der Waals surface area (Å²) in [5.41, 5.74) is 7.11. The second-order valence-electron chi connectivity index (χ2n) is 3.44. The molecule has 0 saturated heterocycles. The fraction of sp³-hybridized carbons (Fsp3) is 0. The van der Waals surface area contributed by atoms with Crippen molar-refractivity contribution in [3.05, 3.63) is 52.8 Å². The summed E-state index contributed by atoms with van der Waals surface area (Å²) in [5, 5.41) is 2.73. The van der Waals surface area contributed by atoms with Gasteiger partial charge in [-0.2, -0.15) is 0 Å². The lowest BCUT2D eigenvalue weighted by Crippen LogP contribution is -2.13. The number of aromatic nitrogens is 1. The summed E-state index contributed by atoms with van der Waals surface area (Å²) >= 11 is 3.32. The summed E-state index contributed by atoms with van der Waals surface area (Å²) in [6.45, 7) is 0. The average molecular weight is 292 g/mol. The van der Waals surface area contributed by atoms with Crippen molar-refractivity contribution >= 4 is 33.2 Å². The van der Waals surface area contributed by atoms with Gasteiger partial charge in [-0.05, 0) is 36.4 Å². The molecule has 17 heavy (non-hydrogen) atoms. The van der Waals surface area contributed by atoms with Crippen LogP contribution in [0.15, 0.2) is 47.1 Å². The van der Waals surface area contributed by atoms with Crippen molar-refractivity contribution in [1.82, 2.24) is 4.98 Å². The lowest BCUT2D eigenvalue weighted by molar-refractivity contribution is 0.102. The molecule has 1 heterocycles. The van der Waals surface area contributed by atoms with Crippen LogP contribution < -0.4 is 11.1 Å². The molecule has 0 aliphatic carbocycles. The topological polar surface area (TPSA) is 68.0 Å². The second-order valence-corrected chi connectivity index (χ2v) is 4.35. The van der Waals surface area contributed by atoms with E-state index in [-0.39, 0.29) is 5.91 Å². The normalized spacial score (nSPS) is 9.94. The Hall–Kier alpha value is -1.88. The van der Waals surface area contributed by atoms with Crippen molar-refractivity contribution in [2.75, 3.05) is 11.1 Å². The van der Waals surface area contributed by atoms with Crippen LogP contribution in [-0.4, -0.2) is 10.9 Å². The zero-order valence-corrected chi connectivity index (χ0v) is 10.4. The molecule has 0 atom stereocenters. The smallest absolute Gasteiger partial charge is 0.274 e. The van der Waals surface area contributed by atoms with E-state index >= 15 is 0 Å². The Labute approximate surface area is 107 Å². The predicted molar refractivity (Wildman–Crippen MR) is 70.7 cm³/mol. The number of nitrogens with zero attached hydrogens (tertiary/aromatic N) is 1. The number of nitrogens with one attached hydrogen (secondary N) is 1. The number of nitrogen functional groups attached to an aromatic ring is 1. The van der Waals surface area contributed by atoms with Crippen molar-refractivity contribution in [1.29, 1.82) is 0 Å². The Balaban J connectivity index is 2.14. The minimum atomic E-state index is -0.278. The summed E-state index contributed by atoms with van der Waals surface area (Å²) in [4.78, 5) is 15.8. The van der Waals surface area contributed by atoms with Gasteiger partial charge in [0.15, 0.2) is 0 Å². The van der Waals surface area contributed by atoms with E-state index in [0.717, 1.165) is 4.47 Å². The Morgan fingerprint density at radius 1 is 1.24 bits per heavy atom. The summed E-state index contributed by atoms with van der Waals surface area (Å²) in [6, 6.07) is 10.5. The van der Waals surface area contributed by atoms with Crippen molar-refractivity contribution in [2.45, 2.75) is 0 Å². The van der Waals surface area contributed by atoms with Gasteiger partial charge in [-0.3, -0.25) is 9.78 Å². The number of hydrogen-bond donors (Lipinski definition) is 2. The zero-order valence-electron chi connectivity index (χ0n) is 8.85. The minimum absolute atomic E-state index is 0.278. The van der Waals surface area contributed by atoms with Crippen molar-refractivity contribution < 1.29 is 4.79 Å². The van der Waals surface area contributed by atoms with Gasteiger partial charge in [-0.15, -0.1) is 0 Å². The van der Waals surface area contributed by atoms with Crippen LogP contribution in [0.2, 0.25) is 0 Å². The number of pyridine rings is 1. The Kier molecular flexibility index (Phi) is 3.39. The summed E-state index contributed by atoms with van der Waals surface area (Å²) in [6.07, 6.45) is 1.51. The molecule has 0 unspecified atom stereocenters. The molecule has 4 nitrogen and oxygen atoms in total. The van der Waals surface area contributed by atoms with E-state index in [1.807, 2.05) is 12.1 Å². The standard InChI is InChI=1S/C12H10BrN3O/c13-8-1-3-10(4-2-8)16-12(17)11-7-9(14)5-6-15-11/h1-7H,(H2,14,15)(H,16,17). The van der Waals surface area contributed by atoms with Gasteiger partial charge in [-0.1, -0.05) is 15.9 Å². The van der Waals surface area contributed by atoms with Gasteiger partial charge >= 0.3 is 0 Å². The number of carbonyl (C=O) groups excluding carboxylic acids is 1. The molecule has 2 aromatic rings. The average Bonchev–Trinajstić information content (AvgIpc) is 2.32. The first-order valence-electron chi connectivity index (χ1n) is 4.93. The van der Waals surface area contributed by atoms with E-state index in [1.165, 1.54) is 12.3 Å². The minimum Gasteiger partial charge on any atom is -0.399 e. The van der Waals surface area contributed by atoms with Crippen LogP contribution in [0.4, 0.5) is 11.4 Å². The molecule has 0 saturated carbocycles. The number of benzene rings is 1. The Bertz CT molecular complexity index is 540. The van der Waals surface area contributed by atoms with E-state index < -0.39 is 0 Å². The molecule has 3 N–H and O–H groups in total. The number of halogens is 1. The third kappa shape index (κ3) is 3.04. The molecule has 0 fully saturated rings. The predicted octanol–water partition coefficient (Wildman–Crippen LogP) is 2.68. The van der Waals surface area contributed by atoms with Gasteiger partial charge in [0.1, 0.15) is 5.69 Å². The van der Waals surface area contributed by atoms with Crippen LogP contribution in [0.5, 0.6) is 0 Å². The van der Waals surface area contributed by atoms with Crippen molar-refractivity contribution in [2.24, 2.45) is 0 Å². The van der Waals surface area contributed by atoms with Gasteiger partial charge in [0, 0.05) is 22.0 Å². The lowest BCUT2D eigenvalue weighted by atomic mass is 10.3. The quantitative estimate of drug-likeness (QED) is 0.894. The molecule has 0 aliphatic rings. The molecule has 0 aliphatic heterocycles. The van der Waals surface area contributed by atoms with Crippen LogP contribution in [0.25, 0.3) is 0 Å². The molecule has 0 bridgehead atoms. The van der Waals surface area contributed by atoms with Gasteiger partial charge in [0.05, 0.1) is 0 Å². The van der Waals surface area contributed by atoms with E-state index in [4.69, 9.17) is 5.73 Å². The summed E-state index contributed by atoms with van der Waals surface area (Å²) < 4.78 is 0.956. The molecule has 0 radical (unpaired) electrons. The van der Waals surface area contributed by atoms with Crippen molar-refractivity contribution in [3.63, 3.8) is 0 Å². The highest BCUT2D eigenvalue weighted by Gasteiger charge is 2.07. The lowest BCUT2D eigenvalue weighted by Gasteiger charge is -2.04. The molecule has 5 heteroatoms. The van der Waals surface area contributed by atoms with E-state index in [0.29, 0.717) is 17.1 Å². The van der Waals surface area contributed by atoms with Gasteiger partial charge in [-0.25, -0.2) is 0 Å². The van der Waals surface area contributed by atoms with Crippen LogP contribution in [0.3, 0.4) is 0 Å². The van der Waals surface area contributed by atoms with Gasteiger partial charge < -0.3 is 11.1 Å². The number of carbonyl (C=O) groups is 1. The Morgan fingerprint density at radius 3 is 2.59 bits per heavy atom. The van der Waals surface area contributed by atoms with E-state index in [2.05, 4.69) is 26.2 Å². The van der Waals surface area contributed by atoms with E-state index in [9.17, 15) is 4.79 Å². The zero-order chi connectivity index (χ0) is 12.3. The van der Waals surface area contributed by atoms with Crippen LogP contribution in [0, 0.1) is 0 Å². The van der Waals surface area contributed by atoms with Gasteiger partial charge in [0.25, 0.3) is 5.91 Å². The first-order chi connectivity index (χ1) is 8.15. The molecule has 1 aromatic heterocycles. The second kappa shape index (κ2) is 4.97. The largest absolute Gasteiger partial charge is 0.399 e. The SMILES string of the molecule is Nc1ccnc(C(=O)Nc2ccc(Br)cc2)c1. The van der Waals surface area contributed by atoms with Crippen LogP contribution >= 0.6 is 15.9 Å². The molecule has 0 spiro atoms. The van der Waals surface area contributed by atoms with Crippen LogP contribution in [-0.2, 0) is 0 Å². The van der Waals surface area contributed by atoms with Crippen LogP contribution in [0.1, 0.15) is 10.5 Å². The number of hydrogen-bond acceptors (Lipinski definition) is 3. The maximum atomic E-state index is 11.8. The number of anilines is 2. The fourth-order valence-corrected chi connectivity index (χ4v) is 1.56. The third-order valence-electron chi connectivity index (χ3n) is 2.12. The monoisotopic (exact) mass is 291 g/mol. The molecular weight excluding hydrogens is 282 g/mol. The number of nitrogens with two attached hydrogens (primary N) is 1. The van der Waals surface area contributed by atoms with E-state index in [1.54, 1.807) is 18.2 Å². The summed E-state index contributed by atoms with van der Waals surface area (Å²) in [7, 11) is 0. The van der Waals surface area contributed by atoms with Crippen molar-refractivity contribution in [3.8, 4) is 0 Å². The molecule has 86 valence electrons. The highest BCUT2D eigenvalue weighted by Crippen LogP contribution is 2.15. The maximum Gasteiger partial charge on any atom is 0.274 e. The molecule has 1 amide bonds. The first kappa shape index (κ1) is 11.6. The molecule has 2 rings (SSSR count).